The van der Waals surface area contributed by atoms with Gasteiger partial charge in [-0.1, -0.05) is 11.8 Å². The van der Waals surface area contributed by atoms with E-state index in [0.717, 1.165) is 5.75 Å². The molecule has 0 aliphatic heterocycles. The first kappa shape index (κ1) is 15.0. The first-order valence-electron chi connectivity index (χ1n) is 6.78. The Bertz CT molecular complexity index is 806. The predicted molar refractivity (Wildman–Crippen MR) is 85.3 cm³/mol. The van der Waals surface area contributed by atoms with E-state index >= 15 is 0 Å². The molecule has 0 radical (unpaired) electrons. The SMILES string of the molecule is N#Cc1ccc(OCCSc2nnc(-c3ccco3)n2N)cc1. The fourth-order valence-corrected chi connectivity index (χ4v) is 2.54. The smallest absolute Gasteiger partial charge is 0.218 e. The summed E-state index contributed by atoms with van der Waals surface area (Å²) >= 11 is 1.44. The summed E-state index contributed by atoms with van der Waals surface area (Å²) < 4.78 is 12.2. The molecule has 0 bridgehead atoms. The first-order valence-corrected chi connectivity index (χ1v) is 7.76. The van der Waals surface area contributed by atoms with Gasteiger partial charge in [0.15, 0.2) is 5.76 Å². The van der Waals surface area contributed by atoms with E-state index < -0.39 is 0 Å². The molecule has 116 valence electrons. The predicted octanol–water partition coefficient (Wildman–Crippen LogP) is 2.29. The molecular weight excluding hydrogens is 314 g/mol. The third-order valence-corrected chi connectivity index (χ3v) is 3.88. The molecular formula is C15H13N5O2S. The van der Waals surface area contributed by atoms with Gasteiger partial charge in [-0.3, -0.25) is 0 Å². The molecule has 0 aliphatic carbocycles. The summed E-state index contributed by atoms with van der Waals surface area (Å²) in [4.78, 5) is 0. The van der Waals surface area contributed by atoms with Gasteiger partial charge in [-0.25, -0.2) is 4.68 Å². The van der Waals surface area contributed by atoms with Crippen LogP contribution in [0.5, 0.6) is 5.75 Å². The van der Waals surface area contributed by atoms with Crippen molar-refractivity contribution in [3.8, 4) is 23.4 Å². The Morgan fingerprint density at radius 3 is 2.78 bits per heavy atom. The zero-order chi connectivity index (χ0) is 16.1. The van der Waals surface area contributed by atoms with Crippen LogP contribution in [0.1, 0.15) is 5.56 Å². The van der Waals surface area contributed by atoms with Gasteiger partial charge in [0.05, 0.1) is 24.5 Å². The van der Waals surface area contributed by atoms with E-state index in [4.69, 9.17) is 20.3 Å². The summed E-state index contributed by atoms with van der Waals surface area (Å²) in [5.74, 6) is 8.38. The van der Waals surface area contributed by atoms with Crippen LogP contribution in [0.2, 0.25) is 0 Å². The molecule has 0 aliphatic rings. The summed E-state index contributed by atoms with van der Waals surface area (Å²) in [5, 5.41) is 17.4. The van der Waals surface area contributed by atoms with Crippen molar-refractivity contribution in [1.82, 2.24) is 14.9 Å². The second-order valence-electron chi connectivity index (χ2n) is 4.49. The molecule has 3 aromatic rings. The molecule has 0 amide bonds. The Morgan fingerprint density at radius 2 is 2.09 bits per heavy atom. The fourth-order valence-electron chi connectivity index (χ4n) is 1.87. The van der Waals surface area contributed by atoms with Gasteiger partial charge in [0.2, 0.25) is 11.0 Å². The van der Waals surface area contributed by atoms with E-state index in [2.05, 4.69) is 16.3 Å². The third-order valence-electron chi connectivity index (χ3n) is 2.97. The number of aromatic nitrogens is 3. The number of thioether (sulfide) groups is 1. The van der Waals surface area contributed by atoms with Gasteiger partial charge < -0.3 is 15.0 Å². The lowest BCUT2D eigenvalue weighted by molar-refractivity contribution is 0.344. The number of benzene rings is 1. The van der Waals surface area contributed by atoms with Crippen LogP contribution >= 0.6 is 11.8 Å². The molecule has 2 N–H and O–H groups in total. The number of nitriles is 1. The molecule has 0 fully saturated rings. The quantitative estimate of drug-likeness (QED) is 0.421. The summed E-state index contributed by atoms with van der Waals surface area (Å²) in [7, 11) is 0. The molecule has 0 unspecified atom stereocenters. The van der Waals surface area contributed by atoms with Crippen LogP contribution in [0.15, 0.2) is 52.2 Å². The van der Waals surface area contributed by atoms with Crippen LogP contribution in [0.3, 0.4) is 0 Å². The normalized spacial score (nSPS) is 10.4. The van der Waals surface area contributed by atoms with Gasteiger partial charge in [-0.2, -0.15) is 5.26 Å². The van der Waals surface area contributed by atoms with Crippen LogP contribution in [0, 0.1) is 11.3 Å². The van der Waals surface area contributed by atoms with Gasteiger partial charge in [-0.15, -0.1) is 10.2 Å². The van der Waals surface area contributed by atoms with Crippen molar-refractivity contribution in [2.45, 2.75) is 5.16 Å². The Labute approximate surface area is 136 Å². The maximum Gasteiger partial charge on any atom is 0.218 e. The lowest BCUT2D eigenvalue weighted by Gasteiger charge is -2.05. The molecule has 7 nitrogen and oxygen atoms in total. The number of ether oxygens (including phenoxy) is 1. The maximum atomic E-state index is 8.74. The zero-order valence-corrected chi connectivity index (χ0v) is 12.9. The molecule has 2 aromatic heterocycles. The molecule has 0 saturated carbocycles. The number of nitrogens with zero attached hydrogens (tertiary/aromatic N) is 4. The average molecular weight is 327 g/mol. The average Bonchev–Trinajstić information content (AvgIpc) is 3.22. The molecule has 0 saturated heterocycles. The monoisotopic (exact) mass is 327 g/mol. The van der Waals surface area contributed by atoms with Crippen LogP contribution in [-0.4, -0.2) is 27.2 Å². The van der Waals surface area contributed by atoms with Crippen LogP contribution in [-0.2, 0) is 0 Å². The molecule has 8 heteroatoms. The van der Waals surface area contributed by atoms with Gasteiger partial charge in [0.25, 0.3) is 0 Å². The summed E-state index contributed by atoms with van der Waals surface area (Å²) in [6, 6.07) is 12.6. The highest BCUT2D eigenvalue weighted by atomic mass is 32.2. The highest BCUT2D eigenvalue weighted by molar-refractivity contribution is 7.99. The van der Waals surface area contributed by atoms with E-state index in [1.54, 1.807) is 42.7 Å². The highest BCUT2D eigenvalue weighted by Crippen LogP contribution is 2.21. The second kappa shape index (κ2) is 6.89. The molecule has 1 aromatic carbocycles. The second-order valence-corrected chi connectivity index (χ2v) is 5.55. The van der Waals surface area contributed by atoms with Gasteiger partial charge in [0.1, 0.15) is 5.75 Å². The van der Waals surface area contributed by atoms with Crippen LogP contribution in [0.25, 0.3) is 11.6 Å². The molecule has 0 spiro atoms. The van der Waals surface area contributed by atoms with E-state index in [-0.39, 0.29) is 0 Å². The molecule has 23 heavy (non-hydrogen) atoms. The van der Waals surface area contributed by atoms with Crippen LogP contribution in [0.4, 0.5) is 0 Å². The van der Waals surface area contributed by atoms with Crippen molar-refractivity contribution in [3.05, 3.63) is 48.2 Å². The summed E-state index contributed by atoms with van der Waals surface area (Å²) in [5.41, 5.74) is 0.605. The lowest BCUT2D eigenvalue weighted by atomic mass is 10.2. The van der Waals surface area contributed by atoms with Crippen molar-refractivity contribution in [2.75, 3.05) is 18.2 Å². The highest BCUT2D eigenvalue weighted by Gasteiger charge is 2.13. The Balaban J connectivity index is 1.52. The molecule has 3 rings (SSSR count). The van der Waals surface area contributed by atoms with Crippen molar-refractivity contribution in [2.24, 2.45) is 0 Å². The van der Waals surface area contributed by atoms with Crippen LogP contribution < -0.4 is 10.6 Å². The molecule has 0 atom stereocenters. The minimum absolute atomic E-state index is 0.477. The number of hydrogen-bond donors (Lipinski definition) is 1. The van der Waals surface area contributed by atoms with Crippen molar-refractivity contribution >= 4 is 11.8 Å². The van der Waals surface area contributed by atoms with Gasteiger partial charge in [-0.05, 0) is 36.4 Å². The Kier molecular flexibility index (Phi) is 4.49. The zero-order valence-electron chi connectivity index (χ0n) is 12.0. The fraction of sp³-hybridized carbons (Fsp3) is 0.133. The van der Waals surface area contributed by atoms with Crippen molar-refractivity contribution in [1.29, 1.82) is 5.26 Å². The largest absolute Gasteiger partial charge is 0.493 e. The third kappa shape index (κ3) is 3.46. The Hall–Kier alpha value is -2.92. The summed E-state index contributed by atoms with van der Waals surface area (Å²) in [6.07, 6.45) is 1.56. The van der Waals surface area contributed by atoms with Crippen molar-refractivity contribution < 1.29 is 9.15 Å². The molecule has 2 heterocycles. The lowest BCUT2D eigenvalue weighted by Crippen LogP contribution is -2.12. The maximum absolute atomic E-state index is 8.74. The van der Waals surface area contributed by atoms with E-state index in [1.165, 1.54) is 16.4 Å². The number of nitrogen functional groups attached to an aromatic ring is 1. The number of hydrogen-bond acceptors (Lipinski definition) is 7. The van der Waals surface area contributed by atoms with E-state index in [1.807, 2.05) is 0 Å². The number of nitrogens with two attached hydrogens (primary N) is 1. The minimum atomic E-state index is 0.477. The number of rotatable bonds is 6. The van der Waals surface area contributed by atoms with Crippen molar-refractivity contribution in [3.63, 3.8) is 0 Å². The first-order chi connectivity index (χ1) is 11.3. The summed E-state index contributed by atoms with van der Waals surface area (Å²) in [6.45, 7) is 0.486. The number of furan rings is 1. The Morgan fingerprint density at radius 1 is 1.26 bits per heavy atom. The topological polar surface area (TPSA) is 103 Å². The van der Waals surface area contributed by atoms with Gasteiger partial charge in [0, 0.05) is 5.75 Å². The van der Waals surface area contributed by atoms with E-state index in [9.17, 15) is 0 Å². The van der Waals surface area contributed by atoms with E-state index in [0.29, 0.717) is 34.7 Å². The standard InChI is InChI=1S/C15H13N5O2S/c16-10-11-3-5-12(6-4-11)21-8-9-23-15-19-18-14(20(15)17)13-2-1-7-22-13/h1-7H,8-9,17H2. The van der Waals surface area contributed by atoms with Gasteiger partial charge >= 0.3 is 0 Å². The minimum Gasteiger partial charge on any atom is -0.493 e.